The molecule has 2 bridgehead atoms. The van der Waals surface area contributed by atoms with E-state index in [1.54, 1.807) is 48.5 Å². The van der Waals surface area contributed by atoms with E-state index in [0.29, 0.717) is 40.0 Å². The van der Waals surface area contributed by atoms with Gasteiger partial charge in [-0.3, -0.25) is 24.0 Å². The molecule has 4 atom stereocenters. The fraction of sp³-hybridized carbons (Fsp3) is 0.226. The molecule has 3 N–H and O–H groups in total. The summed E-state index contributed by atoms with van der Waals surface area (Å²) in [4.78, 5) is 69.4. The molecule has 8 rings (SSSR count). The first kappa shape index (κ1) is 44.8. The molecule has 2 amide bonds. The number of ether oxygens (including phenoxy) is 1. The van der Waals surface area contributed by atoms with Crippen LogP contribution in [0.5, 0.6) is 5.75 Å². The number of fused-ring (bicyclic) bond motifs is 16. The average Bonchev–Trinajstić information content (AvgIpc) is 3.29. The molecule has 0 saturated heterocycles. The van der Waals surface area contributed by atoms with Crippen molar-refractivity contribution in [2.45, 2.75) is 57.0 Å². The highest BCUT2D eigenvalue weighted by Crippen LogP contribution is 2.26. The number of halogens is 2. The summed E-state index contributed by atoms with van der Waals surface area (Å²) in [5.41, 5.74) is 5.75. The van der Waals surface area contributed by atoms with Gasteiger partial charge in [-0.2, -0.15) is 0 Å². The summed E-state index contributed by atoms with van der Waals surface area (Å²) in [6, 6.07) is 41.0. The number of carboxylic acids is 1. The van der Waals surface area contributed by atoms with Crippen molar-refractivity contribution in [3.8, 4) is 28.0 Å². The van der Waals surface area contributed by atoms with E-state index in [0.717, 1.165) is 22.8 Å². The number of hydrogen-bond acceptors (Lipinski definition) is 6. The minimum Gasteiger partial charge on any atom is -0.486 e. The van der Waals surface area contributed by atoms with Gasteiger partial charge in [-0.1, -0.05) is 121 Å². The molecular formula is C53H48F2N2O7. The summed E-state index contributed by atoms with van der Waals surface area (Å²) in [5.74, 6) is -6.40. The summed E-state index contributed by atoms with van der Waals surface area (Å²) in [6.45, 7) is -0.361. The highest BCUT2D eigenvalue weighted by molar-refractivity contribution is 5.95. The molecule has 64 heavy (non-hydrogen) atoms. The normalized spacial score (nSPS) is 18.8. The number of rotatable bonds is 10. The number of Topliss-reactive ketones (excluding diaryl/α,β-unsaturated/α-hetero) is 2. The first-order valence-corrected chi connectivity index (χ1v) is 21.3. The van der Waals surface area contributed by atoms with Crippen molar-refractivity contribution >= 4 is 29.4 Å². The average molecular weight is 863 g/mol. The lowest BCUT2D eigenvalue weighted by molar-refractivity contribution is -0.144. The van der Waals surface area contributed by atoms with Gasteiger partial charge in [0.05, 0.1) is 12.0 Å². The van der Waals surface area contributed by atoms with Crippen LogP contribution in [0.25, 0.3) is 22.3 Å². The van der Waals surface area contributed by atoms with Crippen LogP contribution in [0.15, 0.2) is 152 Å². The lowest BCUT2D eigenvalue weighted by Gasteiger charge is -2.26. The summed E-state index contributed by atoms with van der Waals surface area (Å²) < 4.78 is 33.9. The van der Waals surface area contributed by atoms with Gasteiger partial charge in [-0.05, 0) is 94.5 Å². The predicted octanol–water partition coefficient (Wildman–Crippen LogP) is 8.56. The molecule has 0 aromatic heterocycles. The van der Waals surface area contributed by atoms with Gasteiger partial charge in [-0.25, -0.2) is 8.78 Å². The van der Waals surface area contributed by atoms with Crippen molar-refractivity contribution in [2.24, 2.45) is 11.8 Å². The maximum absolute atomic E-state index is 14.6. The SMILES string of the molecule is O=C1COc2ccc(cc2)C[C@@H](C(=O)O)CC(=O)[C@H](CCc2ccccc2)NC(=O)[C@@H](Cc2ccc(-c3ccccc3)cc2)NC(=O)[C@H](Cc2ccc(-c3cc(F)cc(F)c3)cc2)C1. The zero-order valence-corrected chi connectivity index (χ0v) is 35.1. The zero-order chi connectivity index (χ0) is 45.0. The third-order valence-corrected chi connectivity index (χ3v) is 11.5. The number of aryl methyl sites for hydroxylation is 1. The number of carbonyl (C=O) groups excluding carboxylic acids is 4. The summed E-state index contributed by atoms with van der Waals surface area (Å²) >= 11 is 0. The van der Waals surface area contributed by atoms with Crippen LogP contribution in [0, 0.1) is 23.5 Å². The smallest absolute Gasteiger partial charge is 0.307 e. The number of nitrogens with one attached hydrogen (secondary N) is 2. The monoisotopic (exact) mass is 862 g/mol. The molecule has 0 aliphatic carbocycles. The van der Waals surface area contributed by atoms with Crippen LogP contribution in [0.4, 0.5) is 8.78 Å². The Labute approximate surface area is 370 Å². The topological polar surface area (TPSA) is 139 Å². The minimum absolute atomic E-state index is 0.0284. The van der Waals surface area contributed by atoms with Crippen LogP contribution in [0.2, 0.25) is 0 Å². The van der Waals surface area contributed by atoms with E-state index < -0.39 is 59.1 Å². The Balaban J connectivity index is 1.21. The van der Waals surface area contributed by atoms with Gasteiger partial charge in [0.2, 0.25) is 11.8 Å². The van der Waals surface area contributed by atoms with Gasteiger partial charge in [0.1, 0.15) is 30.0 Å². The van der Waals surface area contributed by atoms with Crippen molar-refractivity contribution in [1.82, 2.24) is 10.6 Å². The van der Waals surface area contributed by atoms with Crippen LogP contribution >= 0.6 is 0 Å². The van der Waals surface area contributed by atoms with Crippen LogP contribution in [-0.4, -0.2) is 53.1 Å². The van der Waals surface area contributed by atoms with Crippen molar-refractivity contribution in [2.75, 3.05) is 6.61 Å². The van der Waals surface area contributed by atoms with Gasteiger partial charge in [0.25, 0.3) is 0 Å². The number of amides is 2. The largest absolute Gasteiger partial charge is 0.486 e. The standard InChI is InChI=1S/C53H48F2N2O7/c54-44-28-41(29-45(55)32-44)40-20-11-35(12-21-40)25-42-30-46(58)33-64-47-22-15-36(16-23-47)26-43(53(62)63)31-50(59)48(24-17-34-7-3-1-4-8-34)56-52(61)49(57-51(42)60)27-37-13-18-39(19-14-37)38-9-5-2-6-10-38/h1-16,18-23,28-29,32,42-43,48-49H,17,24-27,30-31,33H2,(H,56,61)(H,57,60)(H,62,63)/t42-,43-,48+,49-/m1/s1. The molecular weight excluding hydrogens is 815 g/mol. The Kier molecular flexibility index (Phi) is 14.8. The Morgan fingerprint density at radius 1 is 0.578 bits per heavy atom. The van der Waals surface area contributed by atoms with E-state index in [4.69, 9.17) is 4.74 Å². The maximum atomic E-state index is 14.6. The summed E-state index contributed by atoms with van der Waals surface area (Å²) in [5, 5.41) is 16.1. The van der Waals surface area contributed by atoms with Crippen molar-refractivity contribution in [1.29, 1.82) is 0 Å². The predicted molar refractivity (Wildman–Crippen MR) is 239 cm³/mol. The Morgan fingerprint density at radius 3 is 1.77 bits per heavy atom. The fourth-order valence-electron chi connectivity index (χ4n) is 7.97. The lowest BCUT2D eigenvalue weighted by atomic mass is 9.90. The number of carboxylic acid groups (broad SMARTS) is 1. The van der Waals surface area contributed by atoms with Crippen LogP contribution in [0.3, 0.4) is 0 Å². The number of benzene rings is 6. The molecule has 0 saturated carbocycles. The second-order valence-corrected chi connectivity index (χ2v) is 16.3. The number of carbonyl (C=O) groups is 5. The van der Waals surface area contributed by atoms with E-state index in [-0.39, 0.29) is 50.9 Å². The molecule has 2 heterocycles. The van der Waals surface area contributed by atoms with E-state index in [1.165, 1.54) is 12.1 Å². The second-order valence-electron chi connectivity index (χ2n) is 16.3. The van der Waals surface area contributed by atoms with Crippen molar-refractivity contribution in [3.05, 3.63) is 186 Å². The number of ketones is 2. The third kappa shape index (κ3) is 12.4. The molecule has 0 radical (unpaired) electrons. The molecule has 0 spiro atoms. The van der Waals surface area contributed by atoms with Gasteiger partial charge in [-0.15, -0.1) is 0 Å². The molecule has 9 nitrogen and oxygen atoms in total. The van der Waals surface area contributed by atoms with Crippen LogP contribution in [0.1, 0.15) is 41.5 Å². The van der Waals surface area contributed by atoms with Gasteiger partial charge < -0.3 is 20.5 Å². The van der Waals surface area contributed by atoms with Crippen molar-refractivity contribution in [3.63, 3.8) is 0 Å². The third-order valence-electron chi connectivity index (χ3n) is 11.5. The number of aliphatic carboxylic acids is 1. The Hall–Kier alpha value is -7.27. The molecule has 2 aliphatic heterocycles. The molecule has 326 valence electrons. The molecule has 6 aromatic carbocycles. The summed E-state index contributed by atoms with van der Waals surface area (Å²) in [6.07, 6.45) is 0.119. The summed E-state index contributed by atoms with van der Waals surface area (Å²) in [7, 11) is 0. The first-order chi connectivity index (χ1) is 30.9. The highest BCUT2D eigenvalue weighted by atomic mass is 19.1. The van der Waals surface area contributed by atoms with E-state index in [9.17, 15) is 37.9 Å². The highest BCUT2D eigenvalue weighted by Gasteiger charge is 2.32. The van der Waals surface area contributed by atoms with Crippen LogP contribution in [-0.2, 0) is 49.7 Å². The molecule has 11 heteroatoms. The van der Waals surface area contributed by atoms with Gasteiger partial charge >= 0.3 is 5.97 Å². The molecule has 0 unspecified atom stereocenters. The van der Waals surface area contributed by atoms with Crippen LogP contribution < -0.4 is 15.4 Å². The quantitative estimate of drug-likeness (QED) is 0.126. The van der Waals surface area contributed by atoms with Crippen molar-refractivity contribution < 1.29 is 42.6 Å². The Morgan fingerprint density at radius 2 is 1.14 bits per heavy atom. The Bertz CT molecular complexity index is 2550. The lowest BCUT2D eigenvalue weighted by Crippen LogP contribution is -2.54. The van der Waals surface area contributed by atoms with E-state index >= 15 is 0 Å². The second kappa shape index (κ2) is 21.2. The van der Waals surface area contributed by atoms with Gasteiger partial charge in [0, 0.05) is 31.2 Å². The fourth-order valence-corrected chi connectivity index (χ4v) is 7.97. The molecule has 0 fully saturated rings. The number of hydrogen-bond donors (Lipinski definition) is 3. The molecule has 2 aliphatic rings. The van der Waals surface area contributed by atoms with Gasteiger partial charge in [0.15, 0.2) is 11.6 Å². The molecule has 6 aromatic rings. The van der Waals surface area contributed by atoms with E-state index in [1.807, 2.05) is 84.9 Å². The first-order valence-electron chi connectivity index (χ1n) is 21.3. The maximum Gasteiger partial charge on any atom is 0.307 e. The zero-order valence-electron chi connectivity index (χ0n) is 35.1. The van der Waals surface area contributed by atoms with E-state index in [2.05, 4.69) is 10.6 Å². The minimum atomic E-state index is -1.21.